The summed E-state index contributed by atoms with van der Waals surface area (Å²) >= 11 is 0. The van der Waals surface area contributed by atoms with Crippen molar-refractivity contribution in [2.45, 2.75) is 136 Å². The van der Waals surface area contributed by atoms with Crippen LogP contribution >= 0.6 is 7.82 Å². The number of phosphoric acid groups is 1. The SMILES string of the molecule is CC/C=C\C/C=C\C/C=C\C/C=C\CCC(=O)OC(COCCCCCCCC/C=C\C/C=C\CCCCC)COP(=O)(O)OCCN. The standard InChI is InChI=1S/C39H68NO7P/c1-3-5-7-9-11-13-15-17-18-19-21-23-25-27-29-31-34-44-36-38(37-46-48(42,43)45-35-33-40)47-39(41)32-30-28-26-24-22-20-16-14-12-10-8-6-4-2/h6,8,11-14,17-18,20,22,26,28,38H,3-5,7,9-10,15-16,19,21,23-25,27,29-37,40H2,1-2H3,(H,42,43)/b8-6-,13-11-,14-12-,18-17-,22-20-,28-26-. The fourth-order valence-corrected chi connectivity index (χ4v) is 5.21. The van der Waals surface area contributed by atoms with E-state index in [0.29, 0.717) is 13.0 Å². The molecule has 0 radical (unpaired) electrons. The molecule has 0 aliphatic carbocycles. The fourth-order valence-electron chi connectivity index (χ4n) is 4.45. The predicted molar refractivity (Wildman–Crippen MR) is 201 cm³/mol. The lowest BCUT2D eigenvalue weighted by molar-refractivity contribution is -0.154. The lowest BCUT2D eigenvalue weighted by Gasteiger charge is -2.19. The van der Waals surface area contributed by atoms with E-state index in [1.54, 1.807) is 0 Å². The molecule has 8 nitrogen and oxygen atoms in total. The zero-order valence-electron chi connectivity index (χ0n) is 30.2. The van der Waals surface area contributed by atoms with Gasteiger partial charge in [-0.15, -0.1) is 0 Å². The fraction of sp³-hybridized carbons (Fsp3) is 0.667. The van der Waals surface area contributed by atoms with E-state index in [-0.39, 0.29) is 32.8 Å². The van der Waals surface area contributed by atoms with Gasteiger partial charge in [0.05, 0.1) is 19.8 Å². The molecular formula is C39H68NO7P. The van der Waals surface area contributed by atoms with Crippen LogP contribution in [-0.4, -0.2) is 49.9 Å². The smallest absolute Gasteiger partial charge is 0.457 e. The number of unbranched alkanes of at least 4 members (excludes halogenated alkanes) is 9. The highest BCUT2D eigenvalue weighted by Gasteiger charge is 2.25. The van der Waals surface area contributed by atoms with Gasteiger partial charge in [0, 0.05) is 19.6 Å². The molecule has 0 saturated carbocycles. The molecule has 0 saturated heterocycles. The molecule has 0 aromatic rings. The number of esters is 1. The van der Waals surface area contributed by atoms with Crippen LogP contribution in [0.2, 0.25) is 0 Å². The number of hydrogen-bond acceptors (Lipinski definition) is 7. The van der Waals surface area contributed by atoms with Crippen LogP contribution in [0, 0.1) is 0 Å². The van der Waals surface area contributed by atoms with Crippen molar-refractivity contribution in [2.24, 2.45) is 5.73 Å². The van der Waals surface area contributed by atoms with Gasteiger partial charge in [-0.1, -0.05) is 125 Å². The third-order valence-electron chi connectivity index (χ3n) is 7.12. The minimum absolute atomic E-state index is 0.0763. The average Bonchev–Trinajstić information content (AvgIpc) is 3.07. The van der Waals surface area contributed by atoms with Crippen molar-refractivity contribution < 1.29 is 32.8 Å². The summed E-state index contributed by atoms with van der Waals surface area (Å²) < 4.78 is 33.2. The average molecular weight is 694 g/mol. The van der Waals surface area contributed by atoms with Crippen molar-refractivity contribution in [1.82, 2.24) is 0 Å². The summed E-state index contributed by atoms with van der Waals surface area (Å²) in [4.78, 5) is 22.3. The van der Waals surface area contributed by atoms with E-state index in [1.165, 1.54) is 44.9 Å². The largest absolute Gasteiger partial charge is 0.472 e. The van der Waals surface area contributed by atoms with Crippen LogP contribution in [0.5, 0.6) is 0 Å². The van der Waals surface area contributed by atoms with Gasteiger partial charge in [-0.2, -0.15) is 0 Å². The van der Waals surface area contributed by atoms with Gasteiger partial charge in [-0.05, 0) is 70.6 Å². The topological polar surface area (TPSA) is 117 Å². The maximum atomic E-state index is 12.5. The Morgan fingerprint density at radius 3 is 1.75 bits per heavy atom. The molecule has 2 unspecified atom stereocenters. The Hall–Kier alpha value is -2.06. The zero-order valence-corrected chi connectivity index (χ0v) is 31.1. The number of carbonyl (C=O) groups is 1. The van der Waals surface area contributed by atoms with E-state index < -0.39 is 19.9 Å². The summed E-state index contributed by atoms with van der Waals surface area (Å²) in [7, 11) is -4.29. The van der Waals surface area contributed by atoms with Gasteiger partial charge in [0.25, 0.3) is 0 Å². The maximum absolute atomic E-state index is 12.5. The molecule has 0 fully saturated rings. The molecule has 0 aliphatic heterocycles. The maximum Gasteiger partial charge on any atom is 0.472 e. The van der Waals surface area contributed by atoms with Gasteiger partial charge < -0.3 is 20.1 Å². The quantitative estimate of drug-likeness (QED) is 0.0296. The molecule has 0 aromatic carbocycles. The molecule has 0 amide bonds. The van der Waals surface area contributed by atoms with Gasteiger partial charge in [0.2, 0.25) is 0 Å². The molecule has 276 valence electrons. The molecule has 3 N–H and O–H groups in total. The first-order valence-electron chi connectivity index (χ1n) is 18.4. The van der Waals surface area contributed by atoms with Crippen molar-refractivity contribution in [3.8, 4) is 0 Å². The van der Waals surface area contributed by atoms with Crippen LogP contribution in [0.3, 0.4) is 0 Å². The van der Waals surface area contributed by atoms with Crippen molar-refractivity contribution in [1.29, 1.82) is 0 Å². The van der Waals surface area contributed by atoms with Gasteiger partial charge in [-0.3, -0.25) is 13.8 Å². The third kappa shape index (κ3) is 35.3. The van der Waals surface area contributed by atoms with Crippen molar-refractivity contribution >= 4 is 13.8 Å². The summed E-state index contributed by atoms with van der Waals surface area (Å²) in [5.41, 5.74) is 5.34. The van der Waals surface area contributed by atoms with Crippen LogP contribution in [0.1, 0.15) is 129 Å². The molecular weight excluding hydrogens is 625 g/mol. The van der Waals surface area contributed by atoms with Crippen molar-refractivity contribution in [3.05, 3.63) is 72.9 Å². The number of ether oxygens (including phenoxy) is 2. The number of allylic oxidation sites excluding steroid dienone is 12. The molecule has 0 aliphatic rings. The van der Waals surface area contributed by atoms with E-state index in [1.807, 2.05) is 12.2 Å². The molecule has 9 heteroatoms. The Morgan fingerprint density at radius 2 is 1.17 bits per heavy atom. The Kier molecular flexibility index (Phi) is 34.7. The summed E-state index contributed by atoms with van der Waals surface area (Å²) in [6.07, 6.45) is 43.6. The van der Waals surface area contributed by atoms with E-state index in [9.17, 15) is 14.3 Å². The molecule has 0 rings (SSSR count). The highest BCUT2D eigenvalue weighted by atomic mass is 31.2. The first-order valence-corrected chi connectivity index (χ1v) is 19.9. The van der Waals surface area contributed by atoms with Crippen LogP contribution in [0.25, 0.3) is 0 Å². The normalized spacial score (nSPS) is 14.5. The van der Waals surface area contributed by atoms with E-state index >= 15 is 0 Å². The minimum Gasteiger partial charge on any atom is -0.457 e. The summed E-state index contributed by atoms with van der Waals surface area (Å²) in [5.74, 6) is -0.418. The molecule has 0 heterocycles. The number of carbonyl (C=O) groups excluding carboxylic acids is 1. The highest BCUT2D eigenvalue weighted by Crippen LogP contribution is 2.43. The van der Waals surface area contributed by atoms with Crippen LogP contribution < -0.4 is 5.73 Å². The molecule has 2 atom stereocenters. The van der Waals surface area contributed by atoms with Crippen molar-refractivity contribution in [2.75, 3.05) is 33.0 Å². The second-order valence-electron chi connectivity index (χ2n) is 11.7. The van der Waals surface area contributed by atoms with Gasteiger partial charge >= 0.3 is 13.8 Å². The van der Waals surface area contributed by atoms with Gasteiger partial charge in [0.15, 0.2) is 0 Å². The predicted octanol–water partition coefficient (Wildman–Crippen LogP) is 10.4. The molecule has 0 aromatic heterocycles. The lowest BCUT2D eigenvalue weighted by Crippen LogP contribution is -2.28. The zero-order chi connectivity index (χ0) is 35.2. The van der Waals surface area contributed by atoms with E-state index in [2.05, 4.69) is 74.6 Å². The summed E-state index contributed by atoms with van der Waals surface area (Å²) in [6.45, 7) is 4.62. The Balaban J connectivity index is 4.24. The van der Waals surface area contributed by atoms with Gasteiger partial charge in [-0.25, -0.2) is 4.57 Å². The number of rotatable bonds is 34. The first kappa shape index (κ1) is 45.9. The van der Waals surface area contributed by atoms with Crippen LogP contribution in [0.4, 0.5) is 0 Å². The molecule has 48 heavy (non-hydrogen) atoms. The molecule has 0 bridgehead atoms. The first-order chi connectivity index (χ1) is 23.4. The number of phosphoric ester groups is 1. The Bertz CT molecular complexity index is 958. The summed E-state index contributed by atoms with van der Waals surface area (Å²) in [5, 5.41) is 0. The number of hydrogen-bond donors (Lipinski definition) is 2. The lowest BCUT2D eigenvalue weighted by atomic mass is 10.1. The number of nitrogens with two attached hydrogens (primary N) is 1. The highest BCUT2D eigenvalue weighted by molar-refractivity contribution is 7.47. The van der Waals surface area contributed by atoms with Crippen LogP contribution in [-0.2, 0) is 27.9 Å². The summed E-state index contributed by atoms with van der Waals surface area (Å²) in [6, 6.07) is 0. The minimum atomic E-state index is -4.29. The second kappa shape index (κ2) is 36.2. The van der Waals surface area contributed by atoms with E-state index in [4.69, 9.17) is 24.3 Å². The second-order valence-corrected chi connectivity index (χ2v) is 13.2. The van der Waals surface area contributed by atoms with E-state index in [0.717, 1.165) is 57.8 Å². The Morgan fingerprint density at radius 1 is 0.646 bits per heavy atom. The Labute approximate surface area is 293 Å². The molecule has 0 spiro atoms. The van der Waals surface area contributed by atoms with Crippen LogP contribution in [0.15, 0.2) is 72.9 Å². The van der Waals surface area contributed by atoms with Gasteiger partial charge in [0.1, 0.15) is 6.10 Å². The third-order valence-corrected chi connectivity index (χ3v) is 8.11. The van der Waals surface area contributed by atoms with Crippen molar-refractivity contribution in [3.63, 3.8) is 0 Å². The monoisotopic (exact) mass is 693 g/mol.